The monoisotopic (exact) mass is 399 g/mol. The maximum absolute atomic E-state index is 12.6. The molecule has 4 rings (SSSR count). The third-order valence-corrected chi connectivity index (χ3v) is 6.89. The van der Waals surface area contributed by atoms with Crippen molar-refractivity contribution in [2.75, 3.05) is 17.2 Å². The molecule has 1 aliphatic carbocycles. The number of hydrogen-bond donors (Lipinski definition) is 1. The number of thiophene rings is 1. The minimum Gasteiger partial charge on any atom is -0.312 e. The lowest BCUT2D eigenvalue weighted by Crippen LogP contribution is -2.32. The van der Waals surface area contributed by atoms with Crippen LogP contribution in [-0.4, -0.2) is 28.2 Å². The molecule has 1 aliphatic rings. The lowest BCUT2D eigenvalue weighted by atomic mass is 10.2. The highest BCUT2D eigenvalue weighted by molar-refractivity contribution is 7.99. The van der Waals surface area contributed by atoms with Gasteiger partial charge in [-0.2, -0.15) is 0 Å². The Morgan fingerprint density at radius 3 is 2.89 bits per heavy atom. The number of anilines is 1. The fraction of sp³-hybridized carbons (Fsp3) is 0.350. The summed E-state index contributed by atoms with van der Waals surface area (Å²) >= 11 is 3.13. The van der Waals surface area contributed by atoms with Crippen molar-refractivity contribution in [1.29, 1.82) is 0 Å². The zero-order valence-corrected chi connectivity index (χ0v) is 16.8. The van der Waals surface area contributed by atoms with E-state index >= 15 is 0 Å². The van der Waals surface area contributed by atoms with Crippen molar-refractivity contribution in [2.45, 2.75) is 31.9 Å². The number of carbonyl (C=O) groups is 1. The average molecular weight is 400 g/mol. The number of aromatic nitrogens is 2. The quantitative estimate of drug-likeness (QED) is 0.685. The Kier molecular flexibility index (Phi) is 5.31. The summed E-state index contributed by atoms with van der Waals surface area (Å²) < 4.78 is 0. The molecule has 0 aliphatic heterocycles. The van der Waals surface area contributed by atoms with Gasteiger partial charge in [-0.15, -0.1) is 23.1 Å². The summed E-state index contributed by atoms with van der Waals surface area (Å²) in [6.07, 6.45) is 3.17. The highest BCUT2D eigenvalue weighted by Crippen LogP contribution is 2.34. The number of aryl methyl sites for hydroxylation is 2. The highest BCUT2D eigenvalue weighted by Gasteiger charge is 2.21. The molecule has 2 heterocycles. The van der Waals surface area contributed by atoms with E-state index < -0.39 is 0 Å². The molecular weight excluding hydrogens is 378 g/mol. The molecule has 0 unspecified atom stereocenters. The lowest BCUT2D eigenvalue weighted by molar-refractivity contribution is -0.116. The van der Waals surface area contributed by atoms with Crippen LogP contribution in [0, 0.1) is 0 Å². The molecule has 0 radical (unpaired) electrons. The Morgan fingerprint density at radius 1 is 1.30 bits per heavy atom. The SMILES string of the molecule is CCN(C(=O)CSCc1nc2sc3c(c2c(=O)[nH]1)CCC3)c1ccccc1. The van der Waals surface area contributed by atoms with E-state index in [4.69, 9.17) is 0 Å². The summed E-state index contributed by atoms with van der Waals surface area (Å²) in [6, 6.07) is 9.68. The Hall–Kier alpha value is -2.12. The number of hydrogen-bond acceptors (Lipinski definition) is 5. The van der Waals surface area contributed by atoms with Gasteiger partial charge in [-0.05, 0) is 43.9 Å². The summed E-state index contributed by atoms with van der Waals surface area (Å²) in [5.74, 6) is 1.58. The molecule has 140 valence electrons. The Labute approximate surface area is 165 Å². The zero-order valence-electron chi connectivity index (χ0n) is 15.2. The molecule has 0 saturated heterocycles. The van der Waals surface area contributed by atoms with Gasteiger partial charge < -0.3 is 9.88 Å². The standard InChI is InChI=1S/C20H21N3O2S2/c1-2-23(13-7-4-3-5-8-13)17(24)12-26-11-16-21-19(25)18-14-9-6-10-15(14)27-20(18)22-16/h3-5,7-8H,2,6,9-12H2,1H3,(H,21,22,25). The summed E-state index contributed by atoms with van der Waals surface area (Å²) in [7, 11) is 0. The van der Waals surface area contributed by atoms with E-state index in [1.54, 1.807) is 16.2 Å². The molecule has 1 aromatic carbocycles. The number of benzene rings is 1. The fourth-order valence-electron chi connectivity index (χ4n) is 3.54. The number of fused-ring (bicyclic) bond motifs is 3. The first kappa shape index (κ1) is 18.3. The minimum atomic E-state index is -0.0409. The van der Waals surface area contributed by atoms with Gasteiger partial charge in [0.2, 0.25) is 5.91 Å². The van der Waals surface area contributed by atoms with E-state index in [2.05, 4.69) is 9.97 Å². The number of H-pyrrole nitrogens is 1. The van der Waals surface area contributed by atoms with Gasteiger partial charge in [-0.25, -0.2) is 4.98 Å². The van der Waals surface area contributed by atoms with Gasteiger partial charge in [0.1, 0.15) is 10.7 Å². The third kappa shape index (κ3) is 3.66. The lowest BCUT2D eigenvalue weighted by Gasteiger charge is -2.20. The van der Waals surface area contributed by atoms with E-state index in [9.17, 15) is 9.59 Å². The number of thioether (sulfide) groups is 1. The van der Waals surface area contributed by atoms with Crippen molar-refractivity contribution >= 4 is 44.9 Å². The summed E-state index contributed by atoms with van der Waals surface area (Å²) in [5, 5.41) is 0.776. The van der Waals surface area contributed by atoms with Gasteiger partial charge in [-0.1, -0.05) is 18.2 Å². The van der Waals surface area contributed by atoms with Crippen molar-refractivity contribution in [1.82, 2.24) is 9.97 Å². The number of rotatable bonds is 6. The number of amides is 1. The van der Waals surface area contributed by atoms with Crippen molar-refractivity contribution in [3.8, 4) is 0 Å². The Morgan fingerprint density at radius 2 is 2.11 bits per heavy atom. The van der Waals surface area contributed by atoms with Crippen LogP contribution < -0.4 is 10.5 Å². The van der Waals surface area contributed by atoms with Gasteiger partial charge in [-0.3, -0.25) is 9.59 Å². The predicted molar refractivity (Wildman–Crippen MR) is 113 cm³/mol. The molecule has 0 bridgehead atoms. The number of para-hydroxylation sites is 1. The molecule has 0 saturated carbocycles. The number of nitrogens with one attached hydrogen (secondary N) is 1. The first-order chi connectivity index (χ1) is 13.2. The Balaban J connectivity index is 1.43. The normalized spacial score (nSPS) is 13.1. The first-order valence-electron chi connectivity index (χ1n) is 9.14. The van der Waals surface area contributed by atoms with Crippen LogP contribution in [0.1, 0.15) is 29.6 Å². The molecule has 3 aromatic rings. The summed E-state index contributed by atoms with van der Waals surface area (Å²) in [5.41, 5.74) is 2.06. The van der Waals surface area contributed by atoms with Crippen LogP contribution in [0.2, 0.25) is 0 Å². The topological polar surface area (TPSA) is 66.1 Å². The number of nitrogens with zero attached hydrogens (tertiary/aromatic N) is 2. The van der Waals surface area contributed by atoms with E-state index in [1.165, 1.54) is 22.2 Å². The van der Waals surface area contributed by atoms with Crippen molar-refractivity contribution < 1.29 is 4.79 Å². The maximum atomic E-state index is 12.6. The molecule has 0 atom stereocenters. The Bertz CT molecular complexity index is 1030. The first-order valence-corrected chi connectivity index (χ1v) is 11.1. The minimum absolute atomic E-state index is 0.0409. The van der Waals surface area contributed by atoms with Crippen LogP contribution in [0.5, 0.6) is 0 Å². The fourth-order valence-corrected chi connectivity index (χ4v) is 5.58. The van der Waals surface area contributed by atoms with Gasteiger partial charge in [0.05, 0.1) is 16.9 Å². The molecule has 0 spiro atoms. The van der Waals surface area contributed by atoms with Gasteiger partial charge in [0.15, 0.2) is 0 Å². The van der Waals surface area contributed by atoms with Crippen LogP contribution in [0.4, 0.5) is 5.69 Å². The van der Waals surface area contributed by atoms with Crippen LogP contribution in [0.25, 0.3) is 10.2 Å². The van der Waals surface area contributed by atoms with Gasteiger partial charge in [0.25, 0.3) is 5.56 Å². The van der Waals surface area contributed by atoms with Crippen LogP contribution >= 0.6 is 23.1 Å². The maximum Gasteiger partial charge on any atom is 0.259 e. The van der Waals surface area contributed by atoms with Crippen molar-refractivity contribution in [3.05, 3.63) is 57.0 Å². The largest absolute Gasteiger partial charge is 0.312 e. The second-order valence-corrected chi connectivity index (χ2v) is 8.59. The second-order valence-electron chi connectivity index (χ2n) is 6.52. The third-order valence-electron chi connectivity index (χ3n) is 4.77. The van der Waals surface area contributed by atoms with E-state index in [-0.39, 0.29) is 11.5 Å². The van der Waals surface area contributed by atoms with E-state index in [1.807, 2.05) is 37.3 Å². The summed E-state index contributed by atoms with van der Waals surface area (Å²) in [6.45, 7) is 2.60. The predicted octanol–water partition coefficient (Wildman–Crippen LogP) is 3.76. The molecule has 27 heavy (non-hydrogen) atoms. The molecular formula is C20H21N3O2S2. The van der Waals surface area contributed by atoms with E-state index in [0.717, 1.165) is 35.2 Å². The average Bonchev–Trinajstić information content (AvgIpc) is 3.24. The number of carbonyl (C=O) groups excluding carboxylic acids is 1. The molecule has 1 amide bonds. The summed E-state index contributed by atoms with van der Waals surface area (Å²) in [4.78, 5) is 36.5. The van der Waals surface area contributed by atoms with Gasteiger partial charge in [0, 0.05) is 17.1 Å². The number of aromatic amines is 1. The smallest absolute Gasteiger partial charge is 0.259 e. The highest BCUT2D eigenvalue weighted by atomic mass is 32.2. The van der Waals surface area contributed by atoms with Crippen LogP contribution in [-0.2, 0) is 23.4 Å². The zero-order chi connectivity index (χ0) is 18.8. The molecule has 0 fully saturated rings. The molecule has 1 N–H and O–H groups in total. The van der Waals surface area contributed by atoms with E-state index in [0.29, 0.717) is 23.9 Å². The van der Waals surface area contributed by atoms with Crippen LogP contribution in [0.15, 0.2) is 35.1 Å². The van der Waals surface area contributed by atoms with Crippen molar-refractivity contribution in [2.24, 2.45) is 0 Å². The molecule has 2 aromatic heterocycles. The molecule has 7 heteroatoms. The van der Waals surface area contributed by atoms with Crippen molar-refractivity contribution in [3.63, 3.8) is 0 Å². The van der Waals surface area contributed by atoms with Gasteiger partial charge >= 0.3 is 0 Å². The molecule has 5 nitrogen and oxygen atoms in total. The second kappa shape index (κ2) is 7.86. The van der Waals surface area contributed by atoms with Crippen LogP contribution in [0.3, 0.4) is 0 Å².